The van der Waals surface area contributed by atoms with Crippen LogP contribution in [0.15, 0.2) is 24.3 Å². The molecule has 0 N–H and O–H groups in total. The first kappa shape index (κ1) is 11.4. The number of hydrogen-bond acceptors (Lipinski definition) is 0. The van der Waals surface area contributed by atoms with E-state index >= 15 is 0 Å². The first-order chi connectivity index (χ1) is 6.47. The van der Waals surface area contributed by atoms with Gasteiger partial charge in [-0.2, -0.15) is 0 Å². The fraction of sp³-hybridized carbons (Fsp3) is 0.385. The van der Waals surface area contributed by atoms with E-state index in [2.05, 4.69) is 62.6 Å². The van der Waals surface area contributed by atoms with Crippen LogP contribution in [0.2, 0.25) is 4.25 Å². The SMILES string of the molecule is Cc1ccc(C#[C][Ge][C](C)(C)C)cc1. The molecule has 1 rings (SSSR count). The molecule has 72 valence electrons. The molecule has 0 aliphatic carbocycles. The maximum absolute atomic E-state index is 3.34. The Kier molecular flexibility index (Phi) is 3.83. The average molecular weight is 245 g/mol. The molecule has 0 atom stereocenters. The molecule has 0 heterocycles. The van der Waals surface area contributed by atoms with Crippen molar-refractivity contribution in [3.63, 3.8) is 0 Å². The predicted molar refractivity (Wildman–Crippen MR) is 63.5 cm³/mol. The molecule has 1 aromatic carbocycles. The third kappa shape index (κ3) is 4.53. The molecule has 14 heavy (non-hydrogen) atoms. The first-order valence-electron chi connectivity index (χ1n) is 4.82. The normalized spacial score (nSPS) is 10.6. The zero-order valence-corrected chi connectivity index (χ0v) is 11.4. The summed E-state index contributed by atoms with van der Waals surface area (Å²) in [4.78, 5) is 0. The van der Waals surface area contributed by atoms with Crippen molar-refractivity contribution in [2.75, 3.05) is 0 Å². The van der Waals surface area contributed by atoms with Crippen molar-refractivity contribution in [2.45, 2.75) is 31.9 Å². The molecule has 0 spiro atoms. The summed E-state index contributed by atoms with van der Waals surface area (Å²) in [6.45, 7) is 8.88. The van der Waals surface area contributed by atoms with Crippen LogP contribution in [0.5, 0.6) is 0 Å². The van der Waals surface area contributed by atoms with Crippen LogP contribution in [0.3, 0.4) is 0 Å². The van der Waals surface area contributed by atoms with Gasteiger partial charge < -0.3 is 0 Å². The Morgan fingerprint density at radius 2 is 1.64 bits per heavy atom. The molecule has 0 saturated carbocycles. The second-order valence-corrected chi connectivity index (χ2v) is 8.69. The van der Waals surface area contributed by atoms with E-state index in [4.69, 9.17) is 0 Å². The Hall–Kier alpha value is -0.677. The van der Waals surface area contributed by atoms with E-state index in [0.29, 0.717) is 4.25 Å². The predicted octanol–water partition coefficient (Wildman–Crippen LogP) is 3.23. The number of aryl methyl sites for hydroxylation is 1. The molecule has 0 fully saturated rings. The quantitative estimate of drug-likeness (QED) is 0.486. The van der Waals surface area contributed by atoms with Crippen molar-refractivity contribution >= 4 is 15.4 Å². The molecular formula is C13H16Ge. The minimum atomic E-state index is -0.144. The fourth-order valence-corrected chi connectivity index (χ4v) is 2.15. The molecule has 2 radical (unpaired) electrons. The van der Waals surface area contributed by atoms with Gasteiger partial charge in [-0.3, -0.25) is 0 Å². The van der Waals surface area contributed by atoms with Crippen molar-refractivity contribution in [3.05, 3.63) is 35.4 Å². The van der Waals surface area contributed by atoms with Crippen LogP contribution in [0.4, 0.5) is 0 Å². The van der Waals surface area contributed by atoms with Crippen molar-refractivity contribution in [2.24, 2.45) is 0 Å². The van der Waals surface area contributed by atoms with Gasteiger partial charge in [0.1, 0.15) is 0 Å². The maximum atomic E-state index is 3.34. The van der Waals surface area contributed by atoms with Gasteiger partial charge in [-0.15, -0.1) is 0 Å². The van der Waals surface area contributed by atoms with Gasteiger partial charge in [0, 0.05) is 0 Å². The van der Waals surface area contributed by atoms with Crippen LogP contribution in [-0.4, -0.2) is 15.4 Å². The summed E-state index contributed by atoms with van der Waals surface area (Å²) in [7, 11) is 0. The fourth-order valence-electron chi connectivity index (χ4n) is 0.928. The van der Waals surface area contributed by atoms with Gasteiger partial charge in [-0.05, 0) is 0 Å². The molecule has 0 unspecified atom stereocenters. The third-order valence-corrected chi connectivity index (χ3v) is 3.79. The number of rotatable bonds is 0. The minimum absolute atomic E-state index is 0.144. The number of hydrogen-bond donors (Lipinski definition) is 0. The Morgan fingerprint density at radius 1 is 1.07 bits per heavy atom. The standard InChI is InChI=1S/C13H16Ge/c1-11-5-7-12(8-6-11)9-10-14-13(2,3)4/h5-8H,1-4H3. The van der Waals surface area contributed by atoms with Gasteiger partial charge in [0.25, 0.3) is 0 Å². The topological polar surface area (TPSA) is 0 Å². The second-order valence-electron chi connectivity index (χ2n) is 4.49. The Bertz CT molecular complexity index is 344. The van der Waals surface area contributed by atoms with Crippen molar-refractivity contribution < 1.29 is 0 Å². The Morgan fingerprint density at radius 3 is 2.14 bits per heavy atom. The van der Waals surface area contributed by atoms with Crippen molar-refractivity contribution in [1.82, 2.24) is 0 Å². The summed E-state index contributed by atoms with van der Waals surface area (Å²) >= 11 is -0.144. The molecule has 0 aromatic heterocycles. The summed E-state index contributed by atoms with van der Waals surface area (Å²) in [5, 5.41) is 0. The zero-order chi connectivity index (χ0) is 10.6. The molecule has 1 aromatic rings. The van der Waals surface area contributed by atoms with Crippen LogP contribution < -0.4 is 0 Å². The van der Waals surface area contributed by atoms with Gasteiger partial charge in [0.05, 0.1) is 0 Å². The van der Waals surface area contributed by atoms with Gasteiger partial charge in [0.15, 0.2) is 0 Å². The van der Waals surface area contributed by atoms with E-state index in [1.807, 2.05) is 0 Å². The van der Waals surface area contributed by atoms with Crippen molar-refractivity contribution in [1.29, 1.82) is 0 Å². The molecule has 0 aliphatic heterocycles. The van der Waals surface area contributed by atoms with E-state index in [1.165, 1.54) is 5.56 Å². The van der Waals surface area contributed by atoms with Gasteiger partial charge >= 0.3 is 93.4 Å². The third-order valence-electron chi connectivity index (χ3n) is 1.70. The zero-order valence-electron chi connectivity index (χ0n) is 9.31. The molecular weight excluding hydrogens is 229 g/mol. The molecule has 0 aliphatic rings. The van der Waals surface area contributed by atoms with Crippen LogP contribution in [-0.2, 0) is 0 Å². The molecule has 0 bridgehead atoms. The molecule has 0 nitrogen and oxygen atoms in total. The van der Waals surface area contributed by atoms with Gasteiger partial charge in [0.2, 0.25) is 0 Å². The Labute approximate surface area is 93.6 Å². The average Bonchev–Trinajstić information content (AvgIpc) is 2.06. The van der Waals surface area contributed by atoms with E-state index in [0.717, 1.165) is 5.56 Å². The Balaban J connectivity index is 2.64. The molecule has 0 saturated heterocycles. The van der Waals surface area contributed by atoms with E-state index in [9.17, 15) is 0 Å². The van der Waals surface area contributed by atoms with Gasteiger partial charge in [-0.25, -0.2) is 0 Å². The van der Waals surface area contributed by atoms with Crippen LogP contribution in [0, 0.1) is 17.6 Å². The second kappa shape index (κ2) is 4.71. The molecule has 1 heteroatoms. The summed E-state index contributed by atoms with van der Waals surface area (Å²) in [6.07, 6.45) is 0. The van der Waals surface area contributed by atoms with Crippen LogP contribution in [0.25, 0.3) is 0 Å². The summed E-state index contributed by atoms with van der Waals surface area (Å²) in [5.74, 6) is 3.23. The summed E-state index contributed by atoms with van der Waals surface area (Å²) in [6, 6.07) is 8.41. The monoisotopic (exact) mass is 246 g/mol. The van der Waals surface area contributed by atoms with E-state index in [-0.39, 0.29) is 15.4 Å². The van der Waals surface area contributed by atoms with E-state index in [1.54, 1.807) is 0 Å². The first-order valence-corrected chi connectivity index (χ1v) is 6.92. The summed E-state index contributed by atoms with van der Waals surface area (Å²) < 4.78 is 3.76. The summed E-state index contributed by atoms with van der Waals surface area (Å²) in [5.41, 5.74) is 2.44. The number of benzene rings is 1. The van der Waals surface area contributed by atoms with Crippen LogP contribution >= 0.6 is 0 Å². The van der Waals surface area contributed by atoms with E-state index < -0.39 is 0 Å². The van der Waals surface area contributed by atoms with Crippen LogP contribution in [0.1, 0.15) is 31.9 Å². The van der Waals surface area contributed by atoms with Crippen molar-refractivity contribution in [3.8, 4) is 10.7 Å². The molecule has 0 amide bonds. The van der Waals surface area contributed by atoms with Gasteiger partial charge in [-0.1, -0.05) is 0 Å².